The van der Waals surface area contributed by atoms with Crippen molar-refractivity contribution in [1.82, 2.24) is 9.88 Å². The molecular formula is C35H27F2N3O3. The number of nitrogens with zero attached hydrogens (tertiary/aromatic N) is 1. The van der Waals surface area contributed by atoms with E-state index in [0.29, 0.717) is 23.3 Å². The lowest BCUT2D eigenvalue weighted by atomic mass is 10.0. The number of rotatable bonds is 8. The molecule has 0 aliphatic rings. The third-order valence-electron chi connectivity index (χ3n) is 7.52. The molecule has 0 bridgehead atoms. The second kappa shape index (κ2) is 11.4. The minimum absolute atomic E-state index is 0.169. The summed E-state index contributed by atoms with van der Waals surface area (Å²) in [5.41, 5.74) is 4.46. The maximum Gasteiger partial charge on any atom is 0.335 e. The van der Waals surface area contributed by atoms with Gasteiger partial charge in [0.1, 0.15) is 11.6 Å². The number of amides is 1. The summed E-state index contributed by atoms with van der Waals surface area (Å²) in [6.45, 7) is 2.27. The van der Waals surface area contributed by atoms with Gasteiger partial charge in [-0.3, -0.25) is 4.79 Å². The van der Waals surface area contributed by atoms with Crippen LogP contribution >= 0.6 is 0 Å². The number of anilines is 2. The van der Waals surface area contributed by atoms with E-state index in [1.807, 2.05) is 48.0 Å². The van der Waals surface area contributed by atoms with Crippen LogP contribution in [0.15, 0.2) is 109 Å². The Labute approximate surface area is 246 Å². The highest BCUT2D eigenvalue weighted by Gasteiger charge is 2.19. The second-order valence-corrected chi connectivity index (χ2v) is 10.4. The highest BCUT2D eigenvalue weighted by Crippen LogP contribution is 2.32. The smallest absolute Gasteiger partial charge is 0.335 e. The molecule has 6 aromatic rings. The molecule has 3 N–H and O–H groups in total. The monoisotopic (exact) mass is 575 g/mol. The van der Waals surface area contributed by atoms with Gasteiger partial charge in [-0.05, 0) is 102 Å². The summed E-state index contributed by atoms with van der Waals surface area (Å²) >= 11 is 0. The van der Waals surface area contributed by atoms with Gasteiger partial charge in [0, 0.05) is 29.5 Å². The first kappa shape index (κ1) is 27.7. The van der Waals surface area contributed by atoms with Crippen molar-refractivity contribution in [3.05, 3.63) is 143 Å². The van der Waals surface area contributed by atoms with Crippen molar-refractivity contribution >= 4 is 44.9 Å². The van der Waals surface area contributed by atoms with E-state index in [0.717, 1.165) is 33.0 Å². The van der Waals surface area contributed by atoms with Crippen LogP contribution in [0.4, 0.5) is 20.2 Å². The quantitative estimate of drug-likeness (QED) is 0.171. The first-order valence-electron chi connectivity index (χ1n) is 13.7. The Morgan fingerprint density at radius 2 is 1.53 bits per heavy atom. The van der Waals surface area contributed by atoms with Gasteiger partial charge in [-0.1, -0.05) is 30.3 Å². The number of aromatic carboxylic acids is 1. The predicted molar refractivity (Wildman–Crippen MR) is 164 cm³/mol. The van der Waals surface area contributed by atoms with Crippen molar-refractivity contribution in [2.24, 2.45) is 0 Å². The molecule has 1 atom stereocenters. The number of carbonyl (C=O) groups is 2. The number of aromatic nitrogens is 1. The minimum atomic E-state index is -1.02. The zero-order valence-electron chi connectivity index (χ0n) is 23.1. The van der Waals surface area contributed by atoms with Crippen LogP contribution in [0, 0.1) is 11.6 Å². The van der Waals surface area contributed by atoms with Crippen LogP contribution in [-0.2, 0) is 6.54 Å². The summed E-state index contributed by atoms with van der Waals surface area (Å²) in [6, 6.07) is 28.1. The van der Waals surface area contributed by atoms with Gasteiger partial charge in [0.2, 0.25) is 0 Å². The molecule has 214 valence electrons. The average molecular weight is 576 g/mol. The van der Waals surface area contributed by atoms with Gasteiger partial charge in [0.05, 0.1) is 22.7 Å². The molecule has 43 heavy (non-hydrogen) atoms. The molecule has 0 radical (unpaired) electrons. The highest BCUT2D eigenvalue weighted by molar-refractivity contribution is 6.10. The fourth-order valence-corrected chi connectivity index (χ4v) is 5.27. The summed E-state index contributed by atoms with van der Waals surface area (Å²) in [5, 5.41) is 18.1. The predicted octanol–water partition coefficient (Wildman–Crippen LogP) is 8.05. The van der Waals surface area contributed by atoms with Crippen molar-refractivity contribution in [2.75, 3.05) is 5.32 Å². The Morgan fingerprint density at radius 3 is 2.28 bits per heavy atom. The second-order valence-electron chi connectivity index (χ2n) is 10.4. The number of hydrogen-bond acceptors (Lipinski definition) is 3. The van der Waals surface area contributed by atoms with Crippen LogP contribution in [0.1, 0.15) is 44.8 Å². The van der Waals surface area contributed by atoms with E-state index in [1.54, 1.807) is 36.4 Å². The van der Waals surface area contributed by atoms with E-state index in [-0.39, 0.29) is 29.1 Å². The largest absolute Gasteiger partial charge is 0.478 e. The Kier molecular flexibility index (Phi) is 7.34. The number of hydrogen-bond donors (Lipinski definition) is 3. The summed E-state index contributed by atoms with van der Waals surface area (Å²) in [6.07, 6.45) is 1.90. The topological polar surface area (TPSA) is 83.4 Å². The van der Waals surface area contributed by atoms with Crippen molar-refractivity contribution in [3.63, 3.8) is 0 Å². The lowest BCUT2D eigenvalue weighted by Gasteiger charge is -2.17. The molecule has 0 fully saturated rings. The van der Waals surface area contributed by atoms with Gasteiger partial charge in [-0.25, -0.2) is 13.6 Å². The number of halogens is 2. The van der Waals surface area contributed by atoms with Crippen molar-refractivity contribution < 1.29 is 23.5 Å². The van der Waals surface area contributed by atoms with Gasteiger partial charge in [0.15, 0.2) is 0 Å². The number of carboxylic acids is 1. The summed E-state index contributed by atoms with van der Waals surface area (Å²) < 4.78 is 29.4. The zero-order valence-corrected chi connectivity index (χ0v) is 23.1. The molecule has 6 rings (SSSR count). The van der Waals surface area contributed by atoms with E-state index < -0.39 is 5.97 Å². The van der Waals surface area contributed by atoms with Crippen LogP contribution in [0.25, 0.3) is 21.7 Å². The fourth-order valence-electron chi connectivity index (χ4n) is 5.27. The van der Waals surface area contributed by atoms with Gasteiger partial charge in [-0.15, -0.1) is 0 Å². The highest BCUT2D eigenvalue weighted by atomic mass is 19.1. The molecule has 0 aliphatic heterocycles. The third kappa shape index (κ3) is 5.81. The standard InChI is InChI=1S/C35H27F2N3O3/c1-21(23-4-6-25(7-5-23)35(42)43)38-34(41)31-14-15-32(39-29-12-10-27(36)11-13-29)30-16-17-40(33(30)31)20-22-2-3-24-8-9-28(37)19-26(24)18-22/h2-19,21,39H,20H2,1H3,(H,38,41)(H,42,43)/t21-/m0/s1. The Bertz CT molecular complexity index is 1980. The average Bonchev–Trinajstić information content (AvgIpc) is 3.42. The lowest BCUT2D eigenvalue weighted by molar-refractivity contribution is 0.0696. The zero-order chi connectivity index (χ0) is 30.1. The molecule has 6 nitrogen and oxygen atoms in total. The fraction of sp³-hybridized carbons (Fsp3) is 0.0857. The summed E-state index contributed by atoms with van der Waals surface area (Å²) in [7, 11) is 0. The van der Waals surface area contributed by atoms with Gasteiger partial charge < -0.3 is 20.3 Å². The molecule has 1 aromatic heterocycles. The van der Waals surface area contributed by atoms with Crippen molar-refractivity contribution in [3.8, 4) is 0 Å². The molecule has 0 unspecified atom stereocenters. The molecule has 0 aliphatic carbocycles. The molecule has 0 saturated carbocycles. The minimum Gasteiger partial charge on any atom is -0.478 e. The first-order valence-corrected chi connectivity index (χ1v) is 13.7. The Hall–Kier alpha value is -5.50. The molecule has 8 heteroatoms. The molecule has 0 spiro atoms. The molecule has 1 heterocycles. The van der Waals surface area contributed by atoms with Crippen LogP contribution in [0.3, 0.4) is 0 Å². The Balaban J connectivity index is 1.37. The van der Waals surface area contributed by atoms with Crippen LogP contribution in [0.5, 0.6) is 0 Å². The lowest BCUT2D eigenvalue weighted by Crippen LogP contribution is -2.27. The molecular weight excluding hydrogens is 548 g/mol. The van der Waals surface area contributed by atoms with Gasteiger partial charge in [-0.2, -0.15) is 0 Å². The van der Waals surface area contributed by atoms with Crippen molar-refractivity contribution in [1.29, 1.82) is 0 Å². The normalized spacial score (nSPS) is 11.9. The third-order valence-corrected chi connectivity index (χ3v) is 7.52. The van der Waals surface area contributed by atoms with Crippen molar-refractivity contribution in [2.45, 2.75) is 19.5 Å². The molecule has 1 amide bonds. The maximum absolute atomic E-state index is 13.9. The summed E-state index contributed by atoms with van der Waals surface area (Å²) in [5.74, 6) is -1.96. The number of benzene rings is 5. The first-order chi connectivity index (χ1) is 20.7. The number of nitrogens with one attached hydrogen (secondary N) is 2. The van der Waals surface area contributed by atoms with Gasteiger partial charge >= 0.3 is 5.97 Å². The van der Waals surface area contributed by atoms with E-state index in [4.69, 9.17) is 0 Å². The summed E-state index contributed by atoms with van der Waals surface area (Å²) in [4.78, 5) is 25.0. The SMILES string of the molecule is C[C@H](NC(=O)c1ccc(Nc2ccc(F)cc2)c2ccn(Cc3ccc4ccc(F)cc4c3)c12)c1ccc(C(=O)O)cc1. The van der Waals surface area contributed by atoms with Crippen LogP contribution in [-0.4, -0.2) is 21.6 Å². The van der Waals surface area contributed by atoms with E-state index >= 15 is 0 Å². The van der Waals surface area contributed by atoms with Crippen LogP contribution in [0.2, 0.25) is 0 Å². The Morgan fingerprint density at radius 1 is 0.814 bits per heavy atom. The number of carboxylic acid groups (broad SMARTS) is 1. The maximum atomic E-state index is 13.9. The van der Waals surface area contributed by atoms with Gasteiger partial charge in [0.25, 0.3) is 5.91 Å². The number of carbonyl (C=O) groups excluding carboxylic acids is 1. The van der Waals surface area contributed by atoms with Crippen LogP contribution < -0.4 is 10.6 Å². The van der Waals surface area contributed by atoms with E-state index in [2.05, 4.69) is 10.6 Å². The van der Waals surface area contributed by atoms with E-state index in [1.165, 1.54) is 36.4 Å². The molecule has 5 aromatic carbocycles. The molecule has 0 saturated heterocycles. The number of fused-ring (bicyclic) bond motifs is 2. The van der Waals surface area contributed by atoms with E-state index in [9.17, 15) is 23.5 Å².